The van der Waals surface area contributed by atoms with Crippen LogP contribution in [0, 0.1) is 6.92 Å². The summed E-state index contributed by atoms with van der Waals surface area (Å²) in [6, 6.07) is 6.73. The van der Waals surface area contributed by atoms with Crippen LogP contribution in [0.4, 0.5) is 19.0 Å². The van der Waals surface area contributed by atoms with E-state index in [0.29, 0.717) is 28.1 Å². The lowest BCUT2D eigenvalue weighted by atomic mass is 10.1. The van der Waals surface area contributed by atoms with Gasteiger partial charge in [-0.2, -0.15) is 23.4 Å². The lowest BCUT2D eigenvalue weighted by Crippen LogP contribution is -2.15. The van der Waals surface area contributed by atoms with Crippen LogP contribution in [0.1, 0.15) is 34.2 Å². The lowest BCUT2D eigenvalue weighted by molar-refractivity contribution is -0.137. The molecule has 0 saturated heterocycles. The second-order valence-corrected chi connectivity index (χ2v) is 7.02. The normalized spacial score (nSPS) is 11.6. The van der Waals surface area contributed by atoms with Crippen molar-refractivity contribution in [2.45, 2.75) is 33.1 Å². The molecule has 0 atom stereocenters. The minimum atomic E-state index is -4.40. The highest BCUT2D eigenvalue weighted by Gasteiger charge is 2.30. The van der Waals surface area contributed by atoms with Gasteiger partial charge in [0.05, 0.1) is 16.6 Å². The summed E-state index contributed by atoms with van der Waals surface area (Å²) in [6.45, 7) is 4.44. The quantitative estimate of drug-likeness (QED) is 0.616. The molecule has 6 nitrogen and oxygen atoms in total. The maximum Gasteiger partial charge on any atom is 0.416 e. The summed E-state index contributed by atoms with van der Waals surface area (Å²) < 4.78 is 42.3. The van der Waals surface area contributed by atoms with Crippen molar-refractivity contribution in [3.63, 3.8) is 0 Å². The Morgan fingerprint density at radius 3 is 2.64 bits per heavy atom. The van der Waals surface area contributed by atoms with E-state index in [0.717, 1.165) is 12.1 Å². The molecular weight excluding hydrogens is 439 g/mol. The van der Waals surface area contributed by atoms with Gasteiger partial charge in [-0.15, -0.1) is 0 Å². The summed E-state index contributed by atoms with van der Waals surface area (Å²) in [7, 11) is 0. The summed E-state index contributed by atoms with van der Waals surface area (Å²) in [6.07, 6.45) is -2.70. The second-order valence-electron chi connectivity index (χ2n) is 6.16. The van der Waals surface area contributed by atoms with E-state index in [1.54, 1.807) is 29.9 Å². The number of halogens is 4. The summed E-state index contributed by atoms with van der Waals surface area (Å²) in [5.41, 5.74) is 0.681. The summed E-state index contributed by atoms with van der Waals surface area (Å²) in [5, 5.41) is 11.1. The van der Waals surface area contributed by atoms with Crippen molar-refractivity contribution < 1.29 is 18.0 Å². The van der Waals surface area contributed by atoms with Crippen molar-refractivity contribution in [2.75, 3.05) is 5.32 Å². The third kappa shape index (κ3) is 4.44. The van der Waals surface area contributed by atoms with Crippen LogP contribution in [-0.4, -0.2) is 25.5 Å². The summed E-state index contributed by atoms with van der Waals surface area (Å²) in [5.74, 6) is -0.129. The van der Waals surface area contributed by atoms with E-state index in [9.17, 15) is 18.0 Å². The molecule has 0 aliphatic rings. The minimum absolute atomic E-state index is 0.153. The Hall–Kier alpha value is -2.62. The Kier molecular flexibility index (Phi) is 5.59. The number of nitrogens with one attached hydrogen (secondary N) is 1. The van der Waals surface area contributed by atoms with E-state index in [2.05, 4.69) is 31.4 Å². The van der Waals surface area contributed by atoms with Gasteiger partial charge in [-0.05, 0) is 47.5 Å². The van der Waals surface area contributed by atoms with E-state index < -0.39 is 17.6 Å². The highest BCUT2D eigenvalue weighted by Crippen LogP contribution is 2.29. The van der Waals surface area contributed by atoms with Gasteiger partial charge in [-0.25, -0.2) is 0 Å². The molecule has 28 heavy (non-hydrogen) atoms. The number of carbonyl (C=O) groups excluding carboxylic acids is 1. The topological polar surface area (TPSA) is 64.7 Å². The van der Waals surface area contributed by atoms with Crippen molar-refractivity contribution in [3.05, 3.63) is 63.5 Å². The molecule has 2 heterocycles. The van der Waals surface area contributed by atoms with Gasteiger partial charge < -0.3 is 5.32 Å². The molecule has 0 bridgehead atoms. The molecule has 3 aromatic rings. The zero-order valence-electron chi connectivity index (χ0n) is 15.1. The number of rotatable bonds is 5. The maximum absolute atomic E-state index is 12.9. The Balaban J connectivity index is 1.76. The Labute approximate surface area is 167 Å². The van der Waals surface area contributed by atoms with E-state index >= 15 is 0 Å². The van der Waals surface area contributed by atoms with Gasteiger partial charge in [-0.1, -0.05) is 12.1 Å². The third-order valence-electron chi connectivity index (χ3n) is 4.07. The largest absolute Gasteiger partial charge is 0.416 e. The molecule has 1 N–H and O–H groups in total. The van der Waals surface area contributed by atoms with Gasteiger partial charge in [-0.3, -0.25) is 14.2 Å². The number of aromatic nitrogens is 4. The molecule has 0 unspecified atom stereocenters. The van der Waals surface area contributed by atoms with Crippen LogP contribution in [0.3, 0.4) is 0 Å². The number of nitrogens with zero attached hydrogens (tertiary/aromatic N) is 4. The van der Waals surface area contributed by atoms with Gasteiger partial charge in [0.2, 0.25) is 0 Å². The minimum Gasteiger partial charge on any atom is -0.304 e. The molecular formula is C18H17BrF3N5O. The fourth-order valence-electron chi connectivity index (χ4n) is 2.64. The average molecular weight is 456 g/mol. The molecule has 2 aromatic heterocycles. The average Bonchev–Trinajstić information content (AvgIpc) is 3.17. The van der Waals surface area contributed by atoms with Crippen molar-refractivity contribution in [1.29, 1.82) is 0 Å². The number of hydrogen-bond acceptors (Lipinski definition) is 3. The third-order valence-corrected chi connectivity index (χ3v) is 4.65. The van der Waals surface area contributed by atoms with Crippen LogP contribution in [-0.2, 0) is 19.3 Å². The predicted octanol–water partition coefficient (Wildman–Crippen LogP) is 4.49. The maximum atomic E-state index is 12.9. The van der Waals surface area contributed by atoms with Gasteiger partial charge >= 0.3 is 6.18 Å². The predicted molar refractivity (Wildman–Crippen MR) is 101 cm³/mol. The van der Waals surface area contributed by atoms with Crippen LogP contribution in [0.5, 0.6) is 0 Å². The summed E-state index contributed by atoms with van der Waals surface area (Å²) >= 11 is 3.30. The molecule has 3 rings (SSSR count). The number of amides is 1. The molecule has 0 fully saturated rings. The number of benzene rings is 1. The van der Waals surface area contributed by atoms with Crippen LogP contribution >= 0.6 is 15.9 Å². The molecule has 0 saturated carbocycles. The molecule has 1 aromatic carbocycles. The number of carbonyl (C=O) groups is 1. The standard InChI is InChI=1S/C18H17BrF3N5O/c1-3-26-10-14(19)16(25-26)17(28)23-15-7-11(2)27(24-15)9-12-5-4-6-13(8-12)18(20,21)22/h4-8,10H,3,9H2,1-2H3,(H,23,24,28). The fraction of sp³-hybridized carbons (Fsp3) is 0.278. The van der Waals surface area contributed by atoms with Crippen molar-refractivity contribution in [1.82, 2.24) is 19.6 Å². The smallest absolute Gasteiger partial charge is 0.304 e. The molecule has 10 heteroatoms. The number of hydrogen-bond donors (Lipinski definition) is 1. The molecule has 0 aliphatic carbocycles. The molecule has 0 aliphatic heterocycles. The SMILES string of the molecule is CCn1cc(Br)c(C(=O)Nc2cc(C)n(Cc3cccc(C(F)(F)F)c3)n2)n1. The van der Waals surface area contributed by atoms with Gasteiger partial charge in [0, 0.05) is 24.5 Å². The molecule has 0 spiro atoms. The van der Waals surface area contributed by atoms with Crippen molar-refractivity contribution >= 4 is 27.7 Å². The van der Waals surface area contributed by atoms with Crippen molar-refractivity contribution in [2.24, 2.45) is 0 Å². The monoisotopic (exact) mass is 455 g/mol. The fourth-order valence-corrected chi connectivity index (χ4v) is 3.13. The van der Waals surface area contributed by atoms with Crippen LogP contribution < -0.4 is 5.32 Å². The van der Waals surface area contributed by atoms with Gasteiger partial charge in [0.15, 0.2) is 11.5 Å². The van der Waals surface area contributed by atoms with E-state index in [-0.39, 0.29) is 12.2 Å². The van der Waals surface area contributed by atoms with Crippen LogP contribution in [0.2, 0.25) is 0 Å². The number of anilines is 1. The van der Waals surface area contributed by atoms with Crippen LogP contribution in [0.15, 0.2) is 41.0 Å². The van der Waals surface area contributed by atoms with Gasteiger partial charge in [0.1, 0.15) is 0 Å². The van der Waals surface area contributed by atoms with Gasteiger partial charge in [0.25, 0.3) is 5.91 Å². The van der Waals surface area contributed by atoms with E-state index in [1.165, 1.54) is 10.7 Å². The van der Waals surface area contributed by atoms with Crippen molar-refractivity contribution in [3.8, 4) is 0 Å². The van der Waals surface area contributed by atoms with Crippen LogP contribution in [0.25, 0.3) is 0 Å². The van der Waals surface area contributed by atoms with E-state index in [4.69, 9.17) is 0 Å². The molecule has 148 valence electrons. The number of alkyl halides is 3. The first kappa shape index (κ1) is 20.1. The van der Waals surface area contributed by atoms with E-state index in [1.807, 2.05) is 6.92 Å². The Morgan fingerprint density at radius 1 is 1.25 bits per heavy atom. The first-order chi connectivity index (χ1) is 13.2. The Bertz CT molecular complexity index is 1010. The molecule has 1 amide bonds. The number of aryl methyl sites for hydroxylation is 2. The first-order valence-electron chi connectivity index (χ1n) is 8.42. The lowest BCUT2D eigenvalue weighted by Gasteiger charge is -2.09. The zero-order valence-corrected chi connectivity index (χ0v) is 16.7. The molecule has 0 radical (unpaired) electrons. The first-order valence-corrected chi connectivity index (χ1v) is 9.21. The highest BCUT2D eigenvalue weighted by molar-refractivity contribution is 9.10. The highest BCUT2D eigenvalue weighted by atomic mass is 79.9. The zero-order chi connectivity index (χ0) is 20.5. The second kappa shape index (κ2) is 7.78. The summed E-state index contributed by atoms with van der Waals surface area (Å²) in [4.78, 5) is 12.4. The Morgan fingerprint density at radius 2 is 2.00 bits per heavy atom.